The van der Waals surface area contributed by atoms with Gasteiger partial charge in [0.05, 0.1) is 6.61 Å². The number of hydrogen-bond acceptors (Lipinski definition) is 4. The number of unbranched alkanes of at least 4 members (excludes halogenated alkanes) is 1. The monoisotopic (exact) mass is 214 g/mol. The molecule has 1 saturated heterocycles. The van der Waals surface area contributed by atoms with Gasteiger partial charge in [-0.3, -0.25) is 9.59 Å². The highest BCUT2D eigenvalue weighted by molar-refractivity contribution is 6.11. The first kappa shape index (κ1) is 10.1. The van der Waals surface area contributed by atoms with Crippen LogP contribution in [0, 0.1) is 5.92 Å². The molecule has 1 fully saturated rings. The molecule has 1 heterocycles. The summed E-state index contributed by atoms with van der Waals surface area (Å²) in [5.41, 5.74) is 0. The molecule has 1 N–H and O–H groups in total. The van der Waals surface area contributed by atoms with Crippen molar-refractivity contribution in [2.45, 2.75) is 32.7 Å². The summed E-state index contributed by atoms with van der Waals surface area (Å²) in [6, 6.07) is -1.05. The number of esters is 1. The third-order valence-electron chi connectivity index (χ3n) is 2.27. The zero-order chi connectivity index (χ0) is 12.3. The SMILES string of the molecule is [2H]N1C(=O)[C@@H](C(C)=O)[C@@H]1C(=O)OCCCC. The van der Waals surface area contributed by atoms with Crippen molar-refractivity contribution in [3.8, 4) is 0 Å². The van der Waals surface area contributed by atoms with Crippen molar-refractivity contribution >= 4 is 17.7 Å². The number of nitrogens with one attached hydrogen (secondary N) is 1. The molecule has 2 atom stereocenters. The Morgan fingerprint density at radius 2 is 2.27 bits per heavy atom. The third-order valence-corrected chi connectivity index (χ3v) is 2.27. The van der Waals surface area contributed by atoms with Crippen LogP contribution in [0.15, 0.2) is 0 Å². The maximum absolute atomic E-state index is 11.5. The van der Waals surface area contributed by atoms with Crippen molar-refractivity contribution in [3.05, 3.63) is 0 Å². The van der Waals surface area contributed by atoms with Gasteiger partial charge in [-0.25, -0.2) is 4.79 Å². The second kappa shape index (κ2) is 4.91. The molecule has 5 heteroatoms. The molecule has 0 aromatic carbocycles. The number of β-lactam (4-membered cyclic amide) rings is 1. The van der Waals surface area contributed by atoms with E-state index >= 15 is 0 Å². The summed E-state index contributed by atoms with van der Waals surface area (Å²) in [5, 5.41) is 0.514. The molecule has 0 bridgehead atoms. The van der Waals surface area contributed by atoms with Gasteiger partial charge in [0, 0.05) is 0 Å². The first-order valence-corrected chi connectivity index (χ1v) is 4.99. The number of carbonyl (C=O) groups is 3. The van der Waals surface area contributed by atoms with E-state index in [1.807, 2.05) is 6.92 Å². The lowest BCUT2D eigenvalue weighted by molar-refractivity contribution is -0.160. The van der Waals surface area contributed by atoms with E-state index in [1.54, 1.807) is 0 Å². The van der Waals surface area contributed by atoms with Gasteiger partial charge in [-0.05, 0) is 13.3 Å². The third kappa shape index (κ3) is 2.55. The van der Waals surface area contributed by atoms with Gasteiger partial charge in [0.2, 0.25) is 5.91 Å². The fourth-order valence-electron chi connectivity index (χ4n) is 1.33. The van der Waals surface area contributed by atoms with Crippen LogP contribution in [0.5, 0.6) is 0 Å². The number of amides is 1. The summed E-state index contributed by atoms with van der Waals surface area (Å²) in [6.45, 7) is 3.45. The Labute approximate surface area is 89.6 Å². The van der Waals surface area contributed by atoms with E-state index in [0.717, 1.165) is 12.8 Å². The molecule has 0 aliphatic carbocycles. The van der Waals surface area contributed by atoms with Crippen LogP contribution in [-0.4, -0.2) is 30.3 Å². The van der Waals surface area contributed by atoms with E-state index < -0.39 is 29.6 Å². The Morgan fingerprint density at radius 3 is 2.80 bits per heavy atom. The van der Waals surface area contributed by atoms with Gasteiger partial charge in [-0.2, -0.15) is 0 Å². The highest BCUT2D eigenvalue weighted by atomic mass is 16.5. The Bertz CT molecular complexity index is 318. The average molecular weight is 214 g/mol. The Morgan fingerprint density at radius 1 is 1.60 bits per heavy atom. The van der Waals surface area contributed by atoms with Crippen molar-refractivity contribution in [3.63, 3.8) is 0 Å². The lowest BCUT2D eigenvalue weighted by Gasteiger charge is -2.32. The predicted octanol–water partition coefficient (Wildman–Crippen LogP) is 0.0333. The summed E-state index contributed by atoms with van der Waals surface area (Å²) in [7, 11) is 0. The van der Waals surface area contributed by atoms with E-state index in [4.69, 9.17) is 6.15 Å². The number of ketones is 1. The van der Waals surface area contributed by atoms with Crippen LogP contribution in [-0.2, 0) is 19.1 Å². The molecule has 0 radical (unpaired) electrons. The summed E-state index contributed by atoms with van der Waals surface area (Å²) >= 11 is 0. The molecule has 84 valence electrons. The number of carbonyl (C=O) groups excluding carboxylic acids is 3. The molecule has 15 heavy (non-hydrogen) atoms. The molecule has 0 aromatic rings. The zero-order valence-corrected chi connectivity index (χ0v) is 8.86. The minimum atomic E-state index is -1.05. The topological polar surface area (TPSA) is 72.5 Å². The standard InChI is InChI=1S/C10H15NO4/c1-3-4-5-15-10(14)8-7(6(2)12)9(13)11-8/h7-8H,3-5H2,1-2H3,(H,11,13)/t7-,8+/m0/s1/i/hD. The quantitative estimate of drug-likeness (QED) is 0.303. The van der Waals surface area contributed by atoms with Gasteiger partial charge >= 0.3 is 5.97 Å². The lowest BCUT2D eigenvalue weighted by atomic mass is 9.87. The van der Waals surface area contributed by atoms with Crippen LogP contribution < -0.4 is 5.31 Å². The van der Waals surface area contributed by atoms with Crippen LogP contribution in [0.3, 0.4) is 0 Å². The van der Waals surface area contributed by atoms with E-state index in [2.05, 4.69) is 0 Å². The summed E-state index contributed by atoms with van der Waals surface area (Å²) < 4.78 is 12.1. The van der Waals surface area contributed by atoms with Crippen molar-refractivity contribution in [2.24, 2.45) is 5.92 Å². The van der Waals surface area contributed by atoms with E-state index in [-0.39, 0.29) is 6.61 Å². The highest BCUT2D eigenvalue weighted by Crippen LogP contribution is 2.17. The van der Waals surface area contributed by atoms with Crippen LogP contribution in [0.25, 0.3) is 0 Å². The molecule has 0 spiro atoms. The fourth-order valence-corrected chi connectivity index (χ4v) is 1.33. The molecular formula is C10H15NO4. The first-order valence-electron chi connectivity index (χ1n) is 5.44. The highest BCUT2D eigenvalue weighted by Gasteiger charge is 2.47. The molecule has 1 amide bonds. The second-order valence-electron chi connectivity index (χ2n) is 3.52. The smallest absolute Gasteiger partial charge is 0.329 e. The van der Waals surface area contributed by atoms with Crippen LogP contribution in [0.2, 0.25) is 1.41 Å². The maximum Gasteiger partial charge on any atom is 0.329 e. The molecule has 0 aromatic heterocycles. The average Bonchev–Trinajstić information content (AvgIpc) is 2.23. The van der Waals surface area contributed by atoms with Gasteiger partial charge in [0.25, 0.3) is 0 Å². The van der Waals surface area contributed by atoms with Crippen LogP contribution >= 0.6 is 0 Å². The summed E-state index contributed by atoms with van der Waals surface area (Å²) in [5.74, 6) is -2.72. The second-order valence-corrected chi connectivity index (χ2v) is 3.52. The molecule has 1 aliphatic rings. The van der Waals surface area contributed by atoms with Gasteiger partial charge in [-0.1, -0.05) is 13.3 Å². The van der Waals surface area contributed by atoms with Gasteiger partial charge in [0.1, 0.15) is 17.7 Å². The Kier molecular flexibility index (Phi) is 3.32. The number of rotatable bonds is 5. The summed E-state index contributed by atoms with van der Waals surface area (Å²) in [4.78, 5) is 33.7. The maximum atomic E-state index is 11.5. The zero-order valence-electron chi connectivity index (χ0n) is 9.86. The van der Waals surface area contributed by atoms with Gasteiger partial charge < -0.3 is 10.0 Å². The van der Waals surface area contributed by atoms with Crippen LogP contribution in [0.4, 0.5) is 0 Å². The van der Waals surface area contributed by atoms with Crippen molar-refractivity contribution < 1.29 is 20.5 Å². The molecule has 1 aliphatic heterocycles. The predicted molar refractivity (Wildman–Crippen MR) is 52.0 cm³/mol. The van der Waals surface area contributed by atoms with Crippen LogP contribution in [0.1, 0.15) is 26.7 Å². The molecule has 0 saturated carbocycles. The van der Waals surface area contributed by atoms with Crippen molar-refractivity contribution in [1.29, 1.82) is 0 Å². The van der Waals surface area contributed by atoms with Crippen molar-refractivity contribution in [2.75, 3.05) is 6.61 Å². The van der Waals surface area contributed by atoms with Gasteiger partial charge in [0.15, 0.2) is 1.41 Å². The number of hydrogen-bond donors (Lipinski definition) is 1. The molecule has 5 nitrogen and oxygen atoms in total. The minimum absolute atomic E-state index is 0.262. The Hall–Kier alpha value is -1.39. The Balaban J connectivity index is 2.55. The normalized spacial score (nSPS) is 25.6. The molecule has 1 rings (SSSR count). The summed E-state index contributed by atoms with van der Waals surface area (Å²) in [6.07, 6.45) is 1.62. The minimum Gasteiger partial charge on any atom is -0.464 e. The molecule has 0 unspecified atom stereocenters. The van der Waals surface area contributed by atoms with E-state index in [1.165, 1.54) is 6.92 Å². The van der Waals surface area contributed by atoms with E-state index in [9.17, 15) is 14.4 Å². The number of Topliss-reactive ketones (excluding diaryl/α,β-unsaturated/α-hetero) is 1. The first-order chi connectivity index (χ1) is 7.50. The number of ether oxygens (including phenoxy) is 1. The molecular weight excluding hydrogens is 198 g/mol. The lowest BCUT2D eigenvalue weighted by Crippen LogP contribution is -2.64. The van der Waals surface area contributed by atoms with Gasteiger partial charge in [-0.15, -0.1) is 0 Å². The van der Waals surface area contributed by atoms with E-state index in [0.29, 0.717) is 5.31 Å². The fraction of sp³-hybridized carbons (Fsp3) is 0.700. The largest absolute Gasteiger partial charge is 0.464 e. The van der Waals surface area contributed by atoms with Crippen molar-refractivity contribution in [1.82, 2.24) is 5.31 Å².